The minimum Gasteiger partial charge on any atom is -0.352 e. The average Bonchev–Trinajstić information content (AvgIpc) is 3.21. The van der Waals surface area contributed by atoms with Gasteiger partial charge in [-0.3, -0.25) is 14.4 Å². The molecule has 1 atom stereocenters. The highest BCUT2D eigenvalue weighted by atomic mass is 19.3. The third-order valence-electron chi connectivity index (χ3n) is 6.30. The maximum absolute atomic E-state index is 13.1. The molecule has 4 rings (SSSR count). The maximum atomic E-state index is 13.1. The van der Waals surface area contributed by atoms with Crippen molar-refractivity contribution in [1.82, 2.24) is 20.0 Å². The van der Waals surface area contributed by atoms with Gasteiger partial charge in [-0.25, -0.2) is 8.78 Å². The van der Waals surface area contributed by atoms with E-state index in [-0.39, 0.29) is 11.0 Å². The van der Waals surface area contributed by atoms with Crippen LogP contribution >= 0.6 is 0 Å². The first-order valence-electron chi connectivity index (χ1n) is 9.83. The fourth-order valence-electron chi connectivity index (χ4n) is 4.74. The third kappa shape index (κ3) is 3.68. The minimum atomic E-state index is -2.76. The molecule has 1 saturated carbocycles. The highest BCUT2D eigenvalue weighted by molar-refractivity contribution is 5.95. The second-order valence-electron chi connectivity index (χ2n) is 8.18. The summed E-state index contributed by atoms with van der Waals surface area (Å²) in [6.45, 7) is 3.38. The van der Waals surface area contributed by atoms with Crippen molar-refractivity contribution in [2.45, 2.75) is 32.2 Å². The molecule has 150 valence electrons. The van der Waals surface area contributed by atoms with E-state index in [1.807, 2.05) is 6.07 Å². The van der Waals surface area contributed by atoms with Gasteiger partial charge >= 0.3 is 0 Å². The van der Waals surface area contributed by atoms with Gasteiger partial charge in [0.25, 0.3) is 12.3 Å². The molecule has 0 radical (unpaired) electrons. The van der Waals surface area contributed by atoms with Crippen molar-refractivity contribution >= 4 is 5.91 Å². The first kappa shape index (κ1) is 19.1. The van der Waals surface area contributed by atoms with E-state index in [9.17, 15) is 13.6 Å². The number of aromatic nitrogens is 2. The van der Waals surface area contributed by atoms with E-state index in [0.29, 0.717) is 12.5 Å². The topological polar surface area (TPSA) is 50.2 Å². The SMILES string of the molecule is Cn1cc(C(=O)NCC2CN(Cc3ccccc3)CC23CCC3)c(C(F)F)n1. The van der Waals surface area contributed by atoms with Crippen LogP contribution in [0.15, 0.2) is 36.5 Å². The molecule has 1 unspecified atom stereocenters. The van der Waals surface area contributed by atoms with E-state index in [2.05, 4.69) is 39.6 Å². The van der Waals surface area contributed by atoms with Gasteiger partial charge in [-0.2, -0.15) is 5.10 Å². The zero-order valence-electron chi connectivity index (χ0n) is 16.1. The average molecular weight is 388 g/mol. The first-order valence-corrected chi connectivity index (χ1v) is 9.83. The highest BCUT2D eigenvalue weighted by Crippen LogP contribution is 2.51. The Morgan fingerprint density at radius 1 is 1.32 bits per heavy atom. The molecule has 1 aliphatic heterocycles. The van der Waals surface area contributed by atoms with Crippen LogP contribution in [0.5, 0.6) is 0 Å². The van der Waals surface area contributed by atoms with Gasteiger partial charge in [-0.15, -0.1) is 0 Å². The van der Waals surface area contributed by atoms with Gasteiger partial charge in [-0.05, 0) is 29.7 Å². The largest absolute Gasteiger partial charge is 0.352 e. The Hall–Kier alpha value is -2.28. The van der Waals surface area contributed by atoms with Crippen LogP contribution in [0.2, 0.25) is 0 Å². The Kier molecular flexibility index (Phi) is 5.19. The molecule has 2 aromatic rings. The fraction of sp³-hybridized carbons (Fsp3) is 0.524. The molecule has 1 saturated heterocycles. The Morgan fingerprint density at radius 2 is 2.07 bits per heavy atom. The molecule has 0 bridgehead atoms. The third-order valence-corrected chi connectivity index (χ3v) is 6.30. The molecular weight excluding hydrogens is 362 g/mol. The summed E-state index contributed by atoms with van der Waals surface area (Å²) in [5.41, 5.74) is 1.07. The van der Waals surface area contributed by atoms with Crippen LogP contribution < -0.4 is 5.32 Å². The van der Waals surface area contributed by atoms with Crippen molar-refractivity contribution in [3.05, 3.63) is 53.3 Å². The number of amides is 1. The van der Waals surface area contributed by atoms with Gasteiger partial charge in [0.05, 0.1) is 5.56 Å². The molecule has 1 aliphatic carbocycles. The molecule has 2 aliphatic rings. The standard InChI is InChI=1S/C21H26F2N4O/c1-26-13-17(18(25-26)19(22)23)20(28)24-10-16-12-27(14-21(16)8-5-9-21)11-15-6-3-2-4-7-15/h2-4,6-7,13,16,19H,5,8-12,14H2,1H3,(H,24,28). The van der Waals surface area contributed by atoms with Crippen LogP contribution in [-0.4, -0.2) is 40.2 Å². The van der Waals surface area contributed by atoms with Gasteiger partial charge in [0, 0.05) is 39.4 Å². The number of carbonyl (C=O) groups excluding carboxylic acids is 1. The number of nitrogens with zero attached hydrogens (tertiary/aromatic N) is 3. The van der Waals surface area contributed by atoms with Crippen molar-refractivity contribution in [1.29, 1.82) is 0 Å². The molecule has 28 heavy (non-hydrogen) atoms. The number of alkyl halides is 2. The van der Waals surface area contributed by atoms with Crippen molar-refractivity contribution in [2.75, 3.05) is 19.6 Å². The number of hydrogen-bond donors (Lipinski definition) is 1. The van der Waals surface area contributed by atoms with Crippen LogP contribution in [0.25, 0.3) is 0 Å². The molecule has 1 spiro atoms. The quantitative estimate of drug-likeness (QED) is 0.825. The number of nitrogens with one attached hydrogen (secondary N) is 1. The smallest absolute Gasteiger partial charge is 0.282 e. The number of carbonyl (C=O) groups is 1. The van der Waals surface area contributed by atoms with Crippen LogP contribution in [-0.2, 0) is 13.6 Å². The van der Waals surface area contributed by atoms with Crippen molar-refractivity contribution in [2.24, 2.45) is 18.4 Å². The van der Waals surface area contributed by atoms with Crippen molar-refractivity contribution in [3.63, 3.8) is 0 Å². The van der Waals surface area contributed by atoms with E-state index in [1.165, 1.54) is 35.7 Å². The van der Waals surface area contributed by atoms with Gasteiger partial charge in [0.1, 0.15) is 5.69 Å². The zero-order valence-corrected chi connectivity index (χ0v) is 16.1. The lowest BCUT2D eigenvalue weighted by molar-refractivity contribution is 0.0797. The van der Waals surface area contributed by atoms with Gasteiger partial charge < -0.3 is 5.32 Å². The summed E-state index contributed by atoms with van der Waals surface area (Å²) in [6.07, 6.45) is 2.18. The zero-order chi connectivity index (χ0) is 19.7. The van der Waals surface area contributed by atoms with E-state index in [1.54, 1.807) is 7.05 Å². The molecule has 7 heteroatoms. The number of halogens is 2. The molecule has 1 N–H and O–H groups in total. The molecule has 1 amide bonds. The summed E-state index contributed by atoms with van der Waals surface area (Å²) in [7, 11) is 1.55. The summed E-state index contributed by atoms with van der Waals surface area (Å²) in [5, 5.41) is 6.63. The Bertz CT molecular complexity index is 832. The number of benzene rings is 1. The summed E-state index contributed by atoms with van der Waals surface area (Å²) in [5.74, 6) is -0.111. The van der Waals surface area contributed by atoms with Crippen molar-refractivity contribution in [3.8, 4) is 0 Å². The van der Waals surface area contributed by atoms with Crippen LogP contribution in [0, 0.1) is 11.3 Å². The van der Waals surface area contributed by atoms with Gasteiger partial charge in [0.2, 0.25) is 0 Å². The molecule has 1 aromatic carbocycles. The monoisotopic (exact) mass is 388 g/mol. The van der Waals surface area contributed by atoms with Crippen molar-refractivity contribution < 1.29 is 13.6 Å². The van der Waals surface area contributed by atoms with Crippen LogP contribution in [0.4, 0.5) is 8.78 Å². The predicted molar refractivity (Wildman–Crippen MR) is 102 cm³/mol. The Morgan fingerprint density at radius 3 is 2.71 bits per heavy atom. The predicted octanol–water partition coefficient (Wildman–Crippen LogP) is 3.39. The summed E-state index contributed by atoms with van der Waals surface area (Å²) >= 11 is 0. The van der Waals surface area contributed by atoms with Gasteiger partial charge in [0.15, 0.2) is 0 Å². The fourth-order valence-corrected chi connectivity index (χ4v) is 4.74. The molecule has 5 nitrogen and oxygen atoms in total. The lowest BCUT2D eigenvalue weighted by atomic mass is 9.63. The number of rotatable bonds is 6. The van der Waals surface area contributed by atoms with E-state index in [4.69, 9.17) is 0 Å². The molecule has 1 aromatic heterocycles. The lowest BCUT2D eigenvalue weighted by Gasteiger charge is -2.43. The number of aryl methyl sites for hydroxylation is 1. The lowest BCUT2D eigenvalue weighted by Crippen LogP contribution is -2.43. The maximum Gasteiger partial charge on any atom is 0.282 e. The molecule has 2 fully saturated rings. The summed E-state index contributed by atoms with van der Waals surface area (Å²) in [6, 6.07) is 10.4. The van der Waals surface area contributed by atoms with Crippen LogP contribution in [0.3, 0.4) is 0 Å². The summed E-state index contributed by atoms with van der Waals surface area (Å²) in [4.78, 5) is 15.0. The van der Waals surface area contributed by atoms with Crippen LogP contribution in [0.1, 0.15) is 47.3 Å². The Labute approximate surface area is 163 Å². The highest BCUT2D eigenvalue weighted by Gasteiger charge is 2.49. The van der Waals surface area contributed by atoms with E-state index < -0.39 is 18.0 Å². The molecular formula is C21H26F2N4O. The first-order chi connectivity index (χ1) is 13.5. The summed E-state index contributed by atoms with van der Waals surface area (Å²) < 4.78 is 27.5. The molecule has 2 heterocycles. The Balaban J connectivity index is 1.40. The number of likely N-dealkylation sites (tertiary alicyclic amines) is 1. The van der Waals surface area contributed by atoms with E-state index in [0.717, 1.165) is 19.6 Å². The number of hydrogen-bond acceptors (Lipinski definition) is 3. The minimum absolute atomic E-state index is 0.0284. The second kappa shape index (κ2) is 7.62. The van der Waals surface area contributed by atoms with Gasteiger partial charge in [-0.1, -0.05) is 36.8 Å². The van der Waals surface area contributed by atoms with E-state index >= 15 is 0 Å². The normalized spacial score (nSPS) is 21.2. The second-order valence-corrected chi connectivity index (χ2v) is 8.18.